The van der Waals surface area contributed by atoms with Crippen LogP contribution >= 0.6 is 23.2 Å². The second kappa shape index (κ2) is 12.0. The molecule has 0 bridgehead atoms. The summed E-state index contributed by atoms with van der Waals surface area (Å²) in [5, 5.41) is 0.759. The first kappa shape index (κ1) is 24.3. The van der Waals surface area contributed by atoms with Gasteiger partial charge in [-0.2, -0.15) is 0 Å². The molecule has 1 aromatic carbocycles. The maximum absolute atomic E-state index is 12.5. The fourth-order valence-corrected chi connectivity index (χ4v) is 3.55. The number of carbonyl (C=O) groups excluding carboxylic acids is 3. The van der Waals surface area contributed by atoms with Gasteiger partial charge in [-0.15, -0.1) is 0 Å². The molecule has 1 aliphatic rings. The lowest BCUT2D eigenvalue weighted by Crippen LogP contribution is -2.45. The van der Waals surface area contributed by atoms with Crippen molar-refractivity contribution in [3.8, 4) is 5.75 Å². The Morgan fingerprint density at radius 1 is 1.20 bits per heavy atom. The topological polar surface area (TPSA) is 76.2 Å². The number of hydrogen-bond donors (Lipinski definition) is 0. The van der Waals surface area contributed by atoms with E-state index in [2.05, 4.69) is 0 Å². The van der Waals surface area contributed by atoms with Gasteiger partial charge in [0, 0.05) is 26.6 Å². The standard InChI is InChI=1S/C21H28Cl2N2O5/c1-3-29-21(28)15-9-11-25(12-10-15)19(27)14-24(2)18(26)8-5-13-30-17-7-4-6-16(22)20(17)23/h4,6-7,15H,3,5,8-14H2,1-2H3. The molecule has 1 fully saturated rings. The van der Waals surface area contributed by atoms with E-state index >= 15 is 0 Å². The number of likely N-dealkylation sites (N-methyl/N-ethyl adjacent to an activating group) is 1. The molecule has 0 spiro atoms. The van der Waals surface area contributed by atoms with Gasteiger partial charge in [-0.3, -0.25) is 14.4 Å². The third-order valence-electron chi connectivity index (χ3n) is 4.97. The average molecular weight is 459 g/mol. The van der Waals surface area contributed by atoms with Crippen molar-refractivity contribution in [1.29, 1.82) is 0 Å². The lowest BCUT2D eigenvalue weighted by atomic mass is 9.97. The molecule has 9 heteroatoms. The minimum Gasteiger partial charge on any atom is -0.492 e. The number of carbonyl (C=O) groups is 3. The molecule has 1 saturated heterocycles. The van der Waals surface area contributed by atoms with Crippen molar-refractivity contribution in [2.45, 2.75) is 32.6 Å². The van der Waals surface area contributed by atoms with Crippen LogP contribution in [0.2, 0.25) is 10.0 Å². The first-order valence-corrected chi connectivity index (χ1v) is 10.8. The minimum absolute atomic E-state index is 0.0177. The summed E-state index contributed by atoms with van der Waals surface area (Å²) in [5.41, 5.74) is 0. The van der Waals surface area contributed by atoms with Gasteiger partial charge in [-0.05, 0) is 38.3 Å². The van der Waals surface area contributed by atoms with Crippen molar-refractivity contribution in [3.05, 3.63) is 28.2 Å². The number of amides is 2. The van der Waals surface area contributed by atoms with Gasteiger partial charge in [0.1, 0.15) is 10.8 Å². The van der Waals surface area contributed by atoms with Crippen LogP contribution in [0.5, 0.6) is 5.75 Å². The van der Waals surface area contributed by atoms with E-state index in [1.54, 1.807) is 37.1 Å². The zero-order chi connectivity index (χ0) is 22.1. The molecule has 0 aromatic heterocycles. The van der Waals surface area contributed by atoms with Crippen molar-refractivity contribution in [3.63, 3.8) is 0 Å². The lowest BCUT2D eigenvalue weighted by Gasteiger charge is -2.32. The van der Waals surface area contributed by atoms with Gasteiger partial charge in [0.15, 0.2) is 0 Å². The van der Waals surface area contributed by atoms with E-state index in [9.17, 15) is 14.4 Å². The predicted octanol–water partition coefficient (Wildman–Crippen LogP) is 3.41. The monoisotopic (exact) mass is 458 g/mol. The van der Waals surface area contributed by atoms with Gasteiger partial charge in [0.05, 0.1) is 30.7 Å². The van der Waals surface area contributed by atoms with Crippen LogP contribution in [0.1, 0.15) is 32.6 Å². The van der Waals surface area contributed by atoms with Crippen molar-refractivity contribution in [2.75, 3.05) is 39.9 Å². The summed E-state index contributed by atoms with van der Waals surface area (Å²) in [6.07, 6.45) is 1.93. The van der Waals surface area contributed by atoms with Crippen LogP contribution in [-0.4, -0.2) is 67.5 Å². The highest BCUT2D eigenvalue weighted by Gasteiger charge is 2.28. The smallest absolute Gasteiger partial charge is 0.309 e. The molecule has 1 aromatic rings. The van der Waals surface area contributed by atoms with E-state index in [0.717, 1.165) is 0 Å². The van der Waals surface area contributed by atoms with Crippen molar-refractivity contribution in [2.24, 2.45) is 5.92 Å². The second-order valence-electron chi connectivity index (χ2n) is 7.16. The molecule has 0 unspecified atom stereocenters. The molecular formula is C21H28Cl2N2O5. The fourth-order valence-electron chi connectivity index (χ4n) is 3.21. The highest BCUT2D eigenvalue weighted by Crippen LogP contribution is 2.31. The Morgan fingerprint density at radius 2 is 1.90 bits per heavy atom. The number of nitrogens with zero attached hydrogens (tertiary/aromatic N) is 2. The number of ether oxygens (including phenoxy) is 2. The molecule has 30 heavy (non-hydrogen) atoms. The third-order valence-corrected chi connectivity index (χ3v) is 5.78. The molecule has 2 rings (SSSR count). The van der Waals surface area contributed by atoms with E-state index in [1.807, 2.05) is 0 Å². The maximum atomic E-state index is 12.5. The van der Waals surface area contributed by atoms with Gasteiger partial charge >= 0.3 is 5.97 Å². The zero-order valence-corrected chi connectivity index (χ0v) is 18.9. The SMILES string of the molecule is CCOC(=O)C1CCN(C(=O)CN(C)C(=O)CCCOc2cccc(Cl)c2Cl)CC1. The highest BCUT2D eigenvalue weighted by molar-refractivity contribution is 6.42. The number of halogens is 2. The van der Waals surface area contributed by atoms with Crippen molar-refractivity contribution in [1.82, 2.24) is 9.80 Å². The number of rotatable bonds is 9. The lowest BCUT2D eigenvalue weighted by molar-refractivity contribution is -0.151. The van der Waals surface area contributed by atoms with Crippen LogP contribution < -0.4 is 4.74 Å². The summed E-state index contributed by atoms with van der Waals surface area (Å²) in [6, 6.07) is 5.13. The maximum Gasteiger partial charge on any atom is 0.309 e. The molecule has 2 amide bonds. The van der Waals surface area contributed by atoms with Crippen LogP contribution in [-0.2, 0) is 19.1 Å². The zero-order valence-electron chi connectivity index (χ0n) is 17.4. The summed E-state index contributed by atoms with van der Waals surface area (Å²) in [5.74, 6) is -0.119. The summed E-state index contributed by atoms with van der Waals surface area (Å²) in [6.45, 7) is 3.47. The normalized spacial score (nSPS) is 14.3. The predicted molar refractivity (Wildman–Crippen MR) is 115 cm³/mol. The second-order valence-corrected chi connectivity index (χ2v) is 7.95. The quantitative estimate of drug-likeness (QED) is 0.418. The summed E-state index contributed by atoms with van der Waals surface area (Å²) >= 11 is 12.0. The van der Waals surface area contributed by atoms with Crippen molar-refractivity contribution < 1.29 is 23.9 Å². The first-order chi connectivity index (χ1) is 14.3. The molecular weight excluding hydrogens is 431 g/mol. The number of esters is 1. The Labute approximate surface area is 187 Å². The average Bonchev–Trinajstić information content (AvgIpc) is 2.74. The van der Waals surface area contributed by atoms with Gasteiger partial charge in [0.2, 0.25) is 11.8 Å². The van der Waals surface area contributed by atoms with E-state index in [0.29, 0.717) is 61.4 Å². The molecule has 0 aliphatic carbocycles. The van der Waals surface area contributed by atoms with E-state index in [-0.39, 0.29) is 36.7 Å². The van der Waals surface area contributed by atoms with E-state index in [4.69, 9.17) is 32.7 Å². The molecule has 0 radical (unpaired) electrons. The number of piperidine rings is 1. The van der Waals surface area contributed by atoms with Crippen LogP contribution in [0.15, 0.2) is 18.2 Å². The summed E-state index contributed by atoms with van der Waals surface area (Å²) in [4.78, 5) is 39.7. The molecule has 0 N–H and O–H groups in total. The third kappa shape index (κ3) is 7.06. The molecule has 0 saturated carbocycles. The Bertz CT molecular complexity index is 751. The fraction of sp³-hybridized carbons (Fsp3) is 0.571. The highest BCUT2D eigenvalue weighted by atomic mass is 35.5. The first-order valence-electron chi connectivity index (χ1n) is 10.1. The van der Waals surface area contributed by atoms with Crippen LogP contribution in [0.4, 0.5) is 0 Å². The van der Waals surface area contributed by atoms with Gasteiger partial charge in [0.25, 0.3) is 0 Å². The Balaban J connectivity index is 1.68. The van der Waals surface area contributed by atoms with Crippen LogP contribution in [0, 0.1) is 5.92 Å². The Morgan fingerprint density at radius 3 is 2.57 bits per heavy atom. The number of hydrogen-bond acceptors (Lipinski definition) is 5. The van der Waals surface area contributed by atoms with Gasteiger partial charge in [-0.1, -0.05) is 29.3 Å². The van der Waals surface area contributed by atoms with Crippen LogP contribution in [0.25, 0.3) is 0 Å². The van der Waals surface area contributed by atoms with Gasteiger partial charge in [-0.25, -0.2) is 0 Å². The minimum atomic E-state index is -0.196. The Hall–Kier alpha value is -1.99. The van der Waals surface area contributed by atoms with Crippen LogP contribution in [0.3, 0.4) is 0 Å². The molecule has 0 atom stereocenters. The van der Waals surface area contributed by atoms with Gasteiger partial charge < -0.3 is 19.3 Å². The molecule has 1 aliphatic heterocycles. The van der Waals surface area contributed by atoms with E-state index < -0.39 is 0 Å². The molecule has 166 valence electrons. The molecule has 1 heterocycles. The Kier molecular flexibility index (Phi) is 9.72. The largest absolute Gasteiger partial charge is 0.492 e. The summed E-state index contributed by atoms with van der Waals surface area (Å²) in [7, 11) is 1.61. The van der Waals surface area contributed by atoms with E-state index in [1.165, 1.54) is 4.90 Å². The summed E-state index contributed by atoms with van der Waals surface area (Å²) < 4.78 is 10.6. The van der Waals surface area contributed by atoms with Crippen molar-refractivity contribution >= 4 is 41.0 Å². The number of benzene rings is 1. The molecule has 7 nitrogen and oxygen atoms in total. The number of likely N-dealkylation sites (tertiary alicyclic amines) is 1.